The fourth-order valence-electron chi connectivity index (χ4n) is 1.42. The smallest absolute Gasteiger partial charge is 0.168 e. The van der Waals surface area contributed by atoms with E-state index in [0.29, 0.717) is 11.3 Å². The molecule has 2 N–H and O–H groups in total. The van der Waals surface area contributed by atoms with Crippen molar-refractivity contribution in [1.82, 2.24) is 0 Å². The van der Waals surface area contributed by atoms with Gasteiger partial charge < -0.3 is 10.5 Å². The maximum atomic E-state index is 13.6. The summed E-state index contributed by atoms with van der Waals surface area (Å²) in [6.45, 7) is 1.61. The van der Waals surface area contributed by atoms with Crippen LogP contribution in [0.1, 0.15) is 5.56 Å². The molecule has 0 aliphatic carbocycles. The van der Waals surface area contributed by atoms with Gasteiger partial charge in [-0.2, -0.15) is 0 Å². The van der Waals surface area contributed by atoms with E-state index in [1.165, 1.54) is 18.2 Å². The Hall–Kier alpha value is -2.10. The van der Waals surface area contributed by atoms with Crippen LogP contribution < -0.4 is 10.5 Å². The molecule has 0 aromatic heterocycles. The third-order valence-electron chi connectivity index (χ3n) is 2.33. The van der Waals surface area contributed by atoms with Crippen molar-refractivity contribution in [3.05, 3.63) is 53.6 Å². The van der Waals surface area contributed by atoms with Crippen molar-refractivity contribution in [1.29, 1.82) is 0 Å². The standard InChI is InChI=1S/C13H11F2NO/c1-8-3-2-4-12(13(8)15)17-11-6-5-9(16)7-10(11)14/h2-7H,16H2,1H3. The second-order valence-electron chi connectivity index (χ2n) is 3.68. The molecular formula is C13H11F2NO. The van der Waals surface area contributed by atoms with E-state index in [4.69, 9.17) is 10.5 Å². The van der Waals surface area contributed by atoms with Crippen LogP contribution in [0.3, 0.4) is 0 Å². The Balaban J connectivity index is 2.35. The molecule has 0 bridgehead atoms. The minimum Gasteiger partial charge on any atom is -0.451 e. The normalized spacial score (nSPS) is 10.3. The molecule has 0 fully saturated rings. The summed E-state index contributed by atoms with van der Waals surface area (Å²) in [5.74, 6) is -1.17. The number of hydrogen-bond acceptors (Lipinski definition) is 2. The molecule has 88 valence electrons. The number of nitrogen functional groups attached to an aromatic ring is 1. The Kier molecular flexibility index (Phi) is 2.95. The highest BCUT2D eigenvalue weighted by Gasteiger charge is 2.10. The summed E-state index contributed by atoms with van der Waals surface area (Å²) in [4.78, 5) is 0. The summed E-state index contributed by atoms with van der Waals surface area (Å²) < 4.78 is 32.2. The van der Waals surface area contributed by atoms with Crippen molar-refractivity contribution in [3.8, 4) is 11.5 Å². The molecule has 2 aromatic carbocycles. The molecule has 2 aromatic rings. The maximum Gasteiger partial charge on any atom is 0.168 e. The summed E-state index contributed by atoms with van der Waals surface area (Å²) in [5, 5.41) is 0. The Morgan fingerprint density at radius 1 is 1.06 bits per heavy atom. The fourth-order valence-corrected chi connectivity index (χ4v) is 1.42. The number of halogens is 2. The number of rotatable bonds is 2. The molecule has 0 atom stereocenters. The van der Waals surface area contributed by atoms with Gasteiger partial charge in [-0.25, -0.2) is 8.78 Å². The molecule has 0 radical (unpaired) electrons. The van der Waals surface area contributed by atoms with Crippen LogP contribution in [0, 0.1) is 18.6 Å². The highest BCUT2D eigenvalue weighted by atomic mass is 19.1. The van der Waals surface area contributed by atoms with E-state index in [1.54, 1.807) is 19.1 Å². The molecule has 17 heavy (non-hydrogen) atoms. The first kappa shape index (κ1) is 11.4. The van der Waals surface area contributed by atoms with Crippen LogP contribution in [0.5, 0.6) is 11.5 Å². The van der Waals surface area contributed by atoms with Crippen LogP contribution in [0.25, 0.3) is 0 Å². The van der Waals surface area contributed by atoms with Gasteiger partial charge in [0.15, 0.2) is 23.1 Å². The second kappa shape index (κ2) is 4.41. The van der Waals surface area contributed by atoms with E-state index in [1.807, 2.05) is 0 Å². The van der Waals surface area contributed by atoms with E-state index >= 15 is 0 Å². The molecule has 0 saturated heterocycles. The van der Waals surface area contributed by atoms with E-state index in [-0.39, 0.29) is 11.5 Å². The van der Waals surface area contributed by atoms with Gasteiger partial charge in [0.25, 0.3) is 0 Å². The predicted molar refractivity (Wildman–Crippen MR) is 62.0 cm³/mol. The molecule has 4 heteroatoms. The molecule has 0 saturated carbocycles. The summed E-state index contributed by atoms with van der Waals surface area (Å²) in [5.41, 5.74) is 6.14. The Morgan fingerprint density at radius 3 is 2.53 bits per heavy atom. The summed E-state index contributed by atoms with van der Waals surface area (Å²) in [7, 11) is 0. The molecule has 2 nitrogen and oxygen atoms in total. The van der Waals surface area contributed by atoms with E-state index < -0.39 is 11.6 Å². The minimum atomic E-state index is -0.620. The van der Waals surface area contributed by atoms with Crippen molar-refractivity contribution in [2.24, 2.45) is 0 Å². The number of ether oxygens (including phenoxy) is 1. The lowest BCUT2D eigenvalue weighted by atomic mass is 10.2. The van der Waals surface area contributed by atoms with Crippen LogP contribution in [0.15, 0.2) is 36.4 Å². The highest BCUT2D eigenvalue weighted by Crippen LogP contribution is 2.28. The van der Waals surface area contributed by atoms with Gasteiger partial charge >= 0.3 is 0 Å². The third-order valence-corrected chi connectivity index (χ3v) is 2.33. The predicted octanol–water partition coefficient (Wildman–Crippen LogP) is 3.65. The van der Waals surface area contributed by atoms with E-state index in [2.05, 4.69) is 0 Å². The van der Waals surface area contributed by atoms with Crippen molar-refractivity contribution in [3.63, 3.8) is 0 Å². The van der Waals surface area contributed by atoms with Gasteiger partial charge in [-0.3, -0.25) is 0 Å². The largest absolute Gasteiger partial charge is 0.451 e. The lowest BCUT2D eigenvalue weighted by molar-refractivity contribution is 0.413. The fraction of sp³-hybridized carbons (Fsp3) is 0.0769. The molecule has 0 aliphatic rings. The Morgan fingerprint density at radius 2 is 1.82 bits per heavy atom. The molecular weight excluding hydrogens is 224 g/mol. The van der Waals surface area contributed by atoms with Crippen LogP contribution in [-0.4, -0.2) is 0 Å². The first-order chi connectivity index (χ1) is 8.08. The quantitative estimate of drug-likeness (QED) is 0.806. The summed E-state index contributed by atoms with van der Waals surface area (Å²) in [6, 6.07) is 8.68. The Bertz CT molecular complexity index is 555. The van der Waals surface area contributed by atoms with Gasteiger partial charge in [-0.15, -0.1) is 0 Å². The molecule has 2 rings (SSSR count). The first-order valence-corrected chi connectivity index (χ1v) is 5.06. The number of benzene rings is 2. The molecule has 0 amide bonds. The summed E-state index contributed by atoms with van der Waals surface area (Å²) >= 11 is 0. The number of anilines is 1. The number of hydrogen-bond donors (Lipinski definition) is 1. The van der Waals surface area contributed by atoms with Gasteiger partial charge in [-0.05, 0) is 30.7 Å². The lowest BCUT2D eigenvalue weighted by Gasteiger charge is -2.09. The van der Waals surface area contributed by atoms with Crippen molar-refractivity contribution in [2.45, 2.75) is 6.92 Å². The zero-order chi connectivity index (χ0) is 12.4. The topological polar surface area (TPSA) is 35.2 Å². The van der Waals surface area contributed by atoms with Gasteiger partial charge in [0.05, 0.1) is 0 Å². The van der Waals surface area contributed by atoms with Crippen LogP contribution in [0.2, 0.25) is 0 Å². The average molecular weight is 235 g/mol. The Labute approximate surface area is 97.6 Å². The molecule has 0 heterocycles. The zero-order valence-electron chi connectivity index (χ0n) is 9.21. The summed E-state index contributed by atoms with van der Waals surface area (Å²) in [6.07, 6.45) is 0. The number of aryl methyl sites for hydroxylation is 1. The number of nitrogens with two attached hydrogens (primary N) is 1. The van der Waals surface area contributed by atoms with Gasteiger partial charge in [0.1, 0.15) is 0 Å². The minimum absolute atomic E-state index is 0.00586. The van der Waals surface area contributed by atoms with Gasteiger partial charge in [0, 0.05) is 11.8 Å². The zero-order valence-corrected chi connectivity index (χ0v) is 9.21. The van der Waals surface area contributed by atoms with Crippen LogP contribution in [0.4, 0.5) is 14.5 Å². The van der Waals surface area contributed by atoms with Gasteiger partial charge in [0.2, 0.25) is 0 Å². The molecule has 0 unspecified atom stereocenters. The van der Waals surface area contributed by atoms with E-state index in [9.17, 15) is 8.78 Å². The SMILES string of the molecule is Cc1cccc(Oc2ccc(N)cc2F)c1F. The monoisotopic (exact) mass is 235 g/mol. The van der Waals surface area contributed by atoms with Gasteiger partial charge in [-0.1, -0.05) is 12.1 Å². The van der Waals surface area contributed by atoms with Crippen molar-refractivity contribution < 1.29 is 13.5 Å². The maximum absolute atomic E-state index is 13.6. The lowest BCUT2D eigenvalue weighted by Crippen LogP contribution is -1.94. The van der Waals surface area contributed by atoms with Crippen molar-refractivity contribution in [2.75, 3.05) is 5.73 Å². The second-order valence-corrected chi connectivity index (χ2v) is 3.68. The van der Waals surface area contributed by atoms with Crippen molar-refractivity contribution >= 4 is 5.69 Å². The third kappa shape index (κ3) is 2.36. The highest BCUT2D eigenvalue weighted by molar-refractivity contribution is 5.44. The molecule has 0 spiro atoms. The van der Waals surface area contributed by atoms with Crippen LogP contribution >= 0.6 is 0 Å². The van der Waals surface area contributed by atoms with Crippen LogP contribution in [-0.2, 0) is 0 Å². The molecule has 0 aliphatic heterocycles. The van der Waals surface area contributed by atoms with E-state index in [0.717, 1.165) is 6.07 Å². The first-order valence-electron chi connectivity index (χ1n) is 5.06. The average Bonchev–Trinajstić information content (AvgIpc) is 2.28.